The Morgan fingerprint density at radius 3 is 3.08 bits per heavy atom. The van der Waals surface area contributed by atoms with Crippen LogP contribution in [0.25, 0.3) is 11.4 Å². The smallest absolute Gasteiger partial charge is 0.161 e. The van der Waals surface area contributed by atoms with Gasteiger partial charge in [-0.3, -0.25) is 0 Å². The van der Waals surface area contributed by atoms with Crippen LogP contribution in [0.3, 0.4) is 0 Å². The molecule has 2 N–H and O–H groups in total. The van der Waals surface area contributed by atoms with E-state index in [-0.39, 0.29) is 0 Å². The van der Waals surface area contributed by atoms with Gasteiger partial charge in [-0.15, -0.1) is 10.2 Å². The van der Waals surface area contributed by atoms with E-state index < -0.39 is 0 Å². The average Bonchev–Trinajstić information content (AvgIpc) is 2.71. The summed E-state index contributed by atoms with van der Waals surface area (Å²) in [6.45, 7) is 0. The minimum Gasteiger partial charge on any atom is -0.328 e. The zero-order chi connectivity index (χ0) is 9.10. The fourth-order valence-electron chi connectivity index (χ4n) is 0.976. The van der Waals surface area contributed by atoms with Crippen molar-refractivity contribution in [2.24, 2.45) is 0 Å². The van der Waals surface area contributed by atoms with Crippen LogP contribution in [-0.4, -0.2) is 20.2 Å². The Kier molecular flexibility index (Phi) is 2.39. The minimum atomic E-state index is 0.746. The second kappa shape index (κ2) is 3.69. The van der Waals surface area contributed by atoms with Gasteiger partial charge in [0.1, 0.15) is 12.1 Å². The molecule has 0 aliphatic carbocycles. The van der Waals surface area contributed by atoms with Crippen LogP contribution in [0.5, 0.6) is 0 Å². The van der Waals surface area contributed by atoms with E-state index >= 15 is 0 Å². The number of aromatic amines is 1. The van der Waals surface area contributed by atoms with Crippen molar-refractivity contribution in [2.45, 2.75) is 0 Å². The number of nitrogens with one attached hydrogen (secondary N) is 2. The molecule has 2 rings (SSSR count). The Bertz CT molecular complexity index is 386. The summed E-state index contributed by atoms with van der Waals surface area (Å²) in [5, 5.41) is 7.60. The van der Waals surface area contributed by atoms with Gasteiger partial charge in [-0.1, -0.05) is 0 Å². The zero-order valence-electron chi connectivity index (χ0n) is 6.53. The highest BCUT2D eigenvalue weighted by Crippen LogP contribution is 2.16. The molecule has 2 heterocycles. The first-order valence-electron chi connectivity index (χ1n) is 3.59. The van der Waals surface area contributed by atoms with Gasteiger partial charge in [-0.05, 0) is 12.1 Å². The van der Waals surface area contributed by atoms with E-state index in [1.165, 1.54) is 0 Å². The molecule has 0 fully saturated rings. The van der Waals surface area contributed by atoms with Crippen LogP contribution in [0.15, 0.2) is 24.7 Å². The first-order chi connectivity index (χ1) is 6.40. The maximum absolute atomic E-state index is 4.09. The van der Waals surface area contributed by atoms with Gasteiger partial charge in [-0.2, -0.15) is 0 Å². The van der Waals surface area contributed by atoms with Gasteiger partial charge in [0.2, 0.25) is 0 Å². The molecule has 2 aromatic heterocycles. The Morgan fingerprint density at radius 2 is 2.38 bits per heavy atom. The lowest BCUT2D eigenvalue weighted by Gasteiger charge is -1.98. The molecule has 0 saturated carbocycles. The van der Waals surface area contributed by atoms with Crippen molar-refractivity contribution in [3.05, 3.63) is 24.7 Å². The third-order valence-electron chi connectivity index (χ3n) is 1.55. The van der Waals surface area contributed by atoms with Crippen molar-refractivity contribution in [1.29, 1.82) is 0 Å². The summed E-state index contributed by atoms with van der Waals surface area (Å²) in [6.07, 6.45) is 3.27. The first kappa shape index (κ1) is 8.42. The monoisotopic (exact) mass is 287 g/mol. The Hall–Kier alpha value is -1.18. The number of pyridine rings is 1. The SMILES string of the molecule is INc1cc(-c2nnc[nH]2)ccn1. The molecule has 0 unspecified atom stereocenters. The molecule has 6 heteroatoms. The van der Waals surface area contributed by atoms with Gasteiger partial charge in [0.15, 0.2) is 5.82 Å². The molecule has 13 heavy (non-hydrogen) atoms. The predicted octanol–water partition coefficient (Wildman–Crippen LogP) is 1.63. The third kappa shape index (κ3) is 1.77. The number of halogens is 1. The molecule has 2 aromatic rings. The number of rotatable bonds is 2. The Labute approximate surface area is 88.5 Å². The Morgan fingerprint density at radius 1 is 1.46 bits per heavy atom. The molecular formula is C7H6IN5. The maximum atomic E-state index is 4.09. The number of nitrogens with zero attached hydrogens (tertiary/aromatic N) is 3. The molecule has 5 nitrogen and oxygen atoms in total. The van der Waals surface area contributed by atoms with Crippen LogP contribution < -0.4 is 3.53 Å². The lowest BCUT2D eigenvalue weighted by molar-refractivity contribution is 1.09. The summed E-state index contributed by atoms with van der Waals surface area (Å²) in [6, 6.07) is 3.77. The largest absolute Gasteiger partial charge is 0.328 e. The molecule has 0 radical (unpaired) electrons. The van der Waals surface area contributed by atoms with Crippen molar-refractivity contribution in [3.8, 4) is 11.4 Å². The normalized spacial score (nSPS) is 9.92. The van der Waals surface area contributed by atoms with E-state index in [1.54, 1.807) is 12.5 Å². The number of aromatic nitrogens is 4. The summed E-state index contributed by atoms with van der Waals surface area (Å²) >= 11 is 2.03. The standard InChI is InChI=1S/C7H6IN5/c8-12-6-3-5(1-2-9-6)7-10-4-11-13-7/h1-4H,(H,9,12)(H,10,11,13). The number of hydrogen-bond acceptors (Lipinski definition) is 4. The molecule has 0 bridgehead atoms. The summed E-state index contributed by atoms with van der Waals surface area (Å²) < 4.78 is 2.93. The Balaban J connectivity index is 2.41. The first-order valence-corrected chi connectivity index (χ1v) is 4.67. The van der Waals surface area contributed by atoms with Gasteiger partial charge in [0.05, 0.1) is 22.9 Å². The summed E-state index contributed by atoms with van der Waals surface area (Å²) in [5.41, 5.74) is 0.965. The molecule has 0 aliphatic heterocycles. The van der Waals surface area contributed by atoms with E-state index in [0.717, 1.165) is 17.2 Å². The van der Waals surface area contributed by atoms with E-state index in [0.29, 0.717) is 0 Å². The van der Waals surface area contributed by atoms with Crippen LogP contribution in [0, 0.1) is 0 Å². The zero-order valence-corrected chi connectivity index (χ0v) is 8.69. The van der Waals surface area contributed by atoms with E-state index in [2.05, 4.69) is 23.7 Å². The lowest BCUT2D eigenvalue weighted by atomic mass is 10.2. The van der Waals surface area contributed by atoms with Crippen molar-refractivity contribution in [3.63, 3.8) is 0 Å². The van der Waals surface area contributed by atoms with Crippen LogP contribution in [-0.2, 0) is 0 Å². The van der Waals surface area contributed by atoms with Gasteiger partial charge in [0, 0.05) is 11.8 Å². The van der Waals surface area contributed by atoms with Crippen molar-refractivity contribution in [2.75, 3.05) is 3.53 Å². The van der Waals surface area contributed by atoms with Crippen molar-refractivity contribution in [1.82, 2.24) is 20.2 Å². The highest BCUT2D eigenvalue weighted by molar-refractivity contribution is 14.1. The summed E-state index contributed by atoms with van der Waals surface area (Å²) in [7, 11) is 0. The van der Waals surface area contributed by atoms with Gasteiger partial charge in [0.25, 0.3) is 0 Å². The lowest BCUT2D eigenvalue weighted by Crippen LogP contribution is -1.87. The predicted molar refractivity (Wildman–Crippen MR) is 57.3 cm³/mol. The van der Waals surface area contributed by atoms with Crippen LogP contribution >= 0.6 is 22.9 Å². The topological polar surface area (TPSA) is 66.5 Å². The quantitative estimate of drug-likeness (QED) is 0.651. The molecule has 0 aliphatic rings. The average molecular weight is 287 g/mol. The molecule has 66 valence electrons. The summed E-state index contributed by atoms with van der Waals surface area (Å²) in [5.74, 6) is 1.55. The molecule has 0 aromatic carbocycles. The number of anilines is 1. The molecule has 0 saturated heterocycles. The van der Waals surface area contributed by atoms with Gasteiger partial charge in [-0.25, -0.2) is 4.98 Å². The van der Waals surface area contributed by atoms with Crippen LogP contribution in [0.2, 0.25) is 0 Å². The summed E-state index contributed by atoms with van der Waals surface area (Å²) in [4.78, 5) is 7.01. The number of hydrogen-bond donors (Lipinski definition) is 2. The van der Waals surface area contributed by atoms with Crippen LogP contribution in [0.4, 0.5) is 5.82 Å². The van der Waals surface area contributed by atoms with E-state index in [9.17, 15) is 0 Å². The van der Waals surface area contributed by atoms with Crippen LogP contribution in [0.1, 0.15) is 0 Å². The second-order valence-corrected chi connectivity index (χ2v) is 2.90. The molecule has 0 spiro atoms. The van der Waals surface area contributed by atoms with Crippen molar-refractivity contribution < 1.29 is 0 Å². The second-order valence-electron chi connectivity index (χ2n) is 2.36. The molecule has 0 atom stereocenters. The van der Waals surface area contributed by atoms with Crippen molar-refractivity contribution >= 4 is 28.7 Å². The maximum Gasteiger partial charge on any atom is 0.161 e. The molecular weight excluding hydrogens is 281 g/mol. The fraction of sp³-hybridized carbons (Fsp3) is 0. The highest BCUT2D eigenvalue weighted by Gasteiger charge is 2.01. The van der Waals surface area contributed by atoms with Gasteiger partial charge < -0.3 is 8.51 Å². The van der Waals surface area contributed by atoms with Gasteiger partial charge >= 0.3 is 0 Å². The highest BCUT2D eigenvalue weighted by atomic mass is 127. The minimum absolute atomic E-state index is 0.746. The third-order valence-corrected chi connectivity index (χ3v) is 2.10. The fourth-order valence-corrected chi connectivity index (χ4v) is 1.27. The number of H-pyrrole nitrogens is 1. The van der Waals surface area contributed by atoms with E-state index in [1.807, 2.05) is 35.0 Å². The van der Waals surface area contributed by atoms with E-state index in [4.69, 9.17) is 0 Å². The molecule has 0 amide bonds.